The molecular formula is C22H21ClN2O3S2. The zero-order valence-corrected chi connectivity index (χ0v) is 18.8. The first kappa shape index (κ1) is 22.3. The third-order valence-electron chi connectivity index (χ3n) is 4.36. The van der Waals surface area contributed by atoms with Gasteiger partial charge in [0, 0.05) is 10.7 Å². The molecule has 1 saturated heterocycles. The average Bonchev–Trinajstić information content (AvgIpc) is 3.01. The number of esters is 1. The summed E-state index contributed by atoms with van der Waals surface area (Å²) < 4.78 is 5.67. The van der Waals surface area contributed by atoms with Gasteiger partial charge < -0.3 is 10.1 Å². The molecule has 0 atom stereocenters. The van der Waals surface area contributed by atoms with Crippen molar-refractivity contribution in [1.29, 1.82) is 0 Å². The van der Waals surface area contributed by atoms with E-state index >= 15 is 0 Å². The number of nitrogens with zero attached hydrogens (tertiary/aromatic N) is 1. The SMILES string of the molecule is CCCCOC(=O)c1ccc(NCN2C(=O)/C(=C/c3ccccc3Cl)SC2=S)cc1. The highest BCUT2D eigenvalue weighted by Crippen LogP contribution is 2.33. The Morgan fingerprint density at radius 3 is 2.67 bits per heavy atom. The number of ether oxygens (including phenoxy) is 1. The molecule has 5 nitrogen and oxygen atoms in total. The van der Waals surface area contributed by atoms with Crippen molar-refractivity contribution in [3.8, 4) is 0 Å². The number of thiocarbonyl (C=S) groups is 1. The summed E-state index contributed by atoms with van der Waals surface area (Å²) in [6, 6.07) is 14.3. The minimum Gasteiger partial charge on any atom is -0.462 e. The van der Waals surface area contributed by atoms with Crippen LogP contribution >= 0.6 is 35.6 Å². The van der Waals surface area contributed by atoms with Gasteiger partial charge in [0.25, 0.3) is 5.91 Å². The molecular weight excluding hydrogens is 440 g/mol. The van der Waals surface area contributed by atoms with Crippen LogP contribution in [0.5, 0.6) is 0 Å². The van der Waals surface area contributed by atoms with Gasteiger partial charge in [-0.3, -0.25) is 9.69 Å². The minimum atomic E-state index is -0.336. The Hall–Kier alpha value is -2.35. The highest BCUT2D eigenvalue weighted by atomic mass is 35.5. The number of nitrogens with one attached hydrogen (secondary N) is 1. The molecule has 0 aromatic heterocycles. The molecule has 3 rings (SSSR count). The first-order valence-electron chi connectivity index (χ1n) is 9.50. The van der Waals surface area contributed by atoms with E-state index in [0.717, 1.165) is 24.1 Å². The van der Waals surface area contributed by atoms with Crippen LogP contribution in [0.3, 0.4) is 0 Å². The molecule has 30 heavy (non-hydrogen) atoms. The second-order valence-electron chi connectivity index (χ2n) is 6.53. The van der Waals surface area contributed by atoms with Crippen LogP contribution in [0.2, 0.25) is 5.02 Å². The fourth-order valence-corrected chi connectivity index (χ4v) is 4.09. The van der Waals surface area contributed by atoms with Gasteiger partial charge in [0.05, 0.1) is 23.7 Å². The molecule has 0 radical (unpaired) electrons. The molecule has 0 saturated carbocycles. The lowest BCUT2D eigenvalue weighted by Crippen LogP contribution is -2.33. The molecule has 2 aromatic rings. The lowest BCUT2D eigenvalue weighted by atomic mass is 10.2. The van der Waals surface area contributed by atoms with Crippen LogP contribution in [-0.2, 0) is 9.53 Å². The molecule has 1 aliphatic heterocycles. The van der Waals surface area contributed by atoms with Crippen LogP contribution in [0.4, 0.5) is 5.69 Å². The number of thioether (sulfide) groups is 1. The molecule has 0 bridgehead atoms. The van der Waals surface area contributed by atoms with E-state index in [1.807, 2.05) is 25.1 Å². The van der Waals surface area contributed by atoms with Gasteiger partial charge in [-0.2, -0.15) is 0 Å². The predicted octanol–water partition coefficient (Wildman–Crippen LogP) is 5.57. The standard InChI is InChI=1S/C22H21ClN2O3S2/c1-2-3-12-28-21(27)15-8-10-17(11-9-15)24-14-25-20(26)19(30-22(25)29)13-16-6-4-5-7-18(16)23/h4-11,13,24H,2-3,12,14H2,1H3/b19-13-. The van der Waals surface area contributed by atoms with Crippen molar-refractivity contribution in [3.05, 3.63) is 69.6 Å². The Morgan fingerprint density at radius 1 is 1.23 bits per heavy atom. The summed E-state index contributed by atoms with van der Waals surface area (Å²) in [6.07, 6.45) is 3.57. The van der Waals surface area contributed by atoms with Crippen molar-refractivity contribution in [2.24, 2.45) is 0 Å². The highest BCUT2D eigenvalue weighted by molar-refractivity contribution is 8.26. The first-order chi connectivity index (χ1) is 14.5. The van der Waals surface area contributed by atoms with E-state index in [4.69, 9.17) is 28.6 Å². The maximum atomic E-state index is 12.7. The normalized spacial score (nSPS) is 15.0. The van der Waals surface area contributed by atoms with Gasteiger partial charge in [0.2, 0.25) is 0 Å². The summed E-state index contributed by atoms with van der Waals surface area (Å²) in [4.78, 5) is 26.7. The smallest absolute Gasteiger partial charge is 0.338 e. The maximum Gasteiger partial charge on any atom is 0.338 e. The van der Waals surface area contributed by atoms with Gasteiger partial charge in [-0.05, 0) is 48.4 Å². The summed E-state index contributed by atoms with van der Waals surface area (Å²) >= 11 is 12.8. The number of carbonyl (C=O) groups is 2. The summed E-state index contributed by atoms with van der Waals surface area (Å²) in [7, 11) is 0. The molecule has 1 N–H and O–H groups in total. The molecule has 0 aliphatic carbocycles. The van der Waals surface area contributed by atoms with Crippen LogP contribution in [0.1, 0.15) is 35.7 Å². The van der Waals surface area contributed by atoms with E-state index in [-0.39, 0.29) is 18.5 Å². The predicted molar refractivity (Wildman–Crippen MR) is 127 cm³/mol. The van der Waals surface area contributed by atoms with E-state index in [9.17, 15) is 9.59 Å². The number of carbonyl (C=O) groups excluding carboxylic acids is 2. The fraction of sp³-hybridized carbons (Fsp3) is 0.227. The van der Waals surface area contributed by atoms with E-state index in [1.165, 1.54) is 16.7 Å². The van der Waals surface area contributed by atoms with Crippen molar-refractivity contribution in [1.82, 2.24) is 4.90 Å². The van der Waals surface area contributed by atoms with Gasteiger partial charge in [0.1, 0.15) is 4.32 Å². The second kappa shape index (κ2) is 10.6. The number of halogens is 1. The highest BCUT2D eigenvalue weighted by Gasteiger charge is 2.31. The zero-order valence-electron chi connectivity index (χ0n) is 16.4. The van der Waals surface area contributed by atoms with Crippen molar-refractivity contribution in [2.75, 3.05) is 18.6 Å². The summed E-state index contributed by atoms with van der Waals surface area (Å²) in [5, 5.41) is 3.74. The van der Waals surface area contributed by atoms with Gasteiger partial charge in [-0.25, -0.2) is 4.79 Å². The van der Waals surface area contributed by atoms with E-state index in [0.29, 0.717) is 26.4 Å². The quantitative estimate of drug-likeness (QED) is 0.240. The van der Waals surface area contributed by atoms with Crippen LogP contribution in [0.15, 0.2) is 53.4 Å². The maximum absolute atomic E-state index is 12.7. The number of amides is 1. The van der Waals surface area contributed by atoms with Crippen LogP contribution < -0.4 is 5.32 Å². The largest absolute Gasteiger partial charge is 0.462 e. The average molecular weight is 461 g/mol. The van der Waals surface area contributed by atoms with Crippen molar-refractivity contribution < 1.29 is 14.3 Å². The Balaban J connectivity index is 1.59. The molecule has 1 heterocycles. The van der Waals surface area contributed by atoms with Gasteiger partial charge in [0.15, 0.2) is 0 Å². The van der Waals surface area contributed by atoms with Crippen molar-refractivity contribution in [2.45, 2.75) is 19.8 Å². The van der Waals surface area contributed by atoms with Crippen molar-refractivity contribution in [3.63, 3.8) is 0 Å². The Morgan fingerprint density at radius 2 is 1.97 bits per heavy atom. The third-order valence-corrected chi connectivity index (χ3v) is 6.08. The third kappa shape index (κ3) is 5.62. The van der Waals surface area contributed by atoms with Crippen molar-refractivity contribution >= 4 is 63.5 Å². The molecule has 156 valence electrons. The van der Waals surface area contributed by atoms with Crippen LogP contribution in [0.25, 0.3) is 6.08 Å². The second-order valence-corrected chi connectivity index (χ2v) is 8.62. The zero-order chi connectivity index (χ0) is 21.5. The molecule has 2 aromatic carbocycles. The van der Waals surface area contributed by atoms with E-state index in [1.54, 1.807) is 36.4 Å². The fourth-order valence-electron chi connectivity index (χ4n) is 2.66. The van der Waals surface area contributed by atoms with Gasteiger partial charge in [-0.15, -0.1) is 0 Å². The van der Waals surface area contributed by atoms with Crippen LogP contribution in [-0.4, -0.2) is 34.4 Å². The lowest BCUT2D eigenvalue weighted by Gasteiger charge is -2.16. The molecule has 1 amide bonds. The molecule has 0 unspecified atom stereocenters. The number of hydrogen-bond acceptors (Lipinski definition) is 6. The van der Waals surface area contributed by atoms with Gasteiger partial charge >= 0.3 is 5.97 Å². The van der Waals surface area contributed by atoms with E-state index in [2.05, 4.69) is 5.32 Å². The summed E-state index contributed by atoms with van der Waals surface area (Å²) in [6.45, 7) is 2.69. The monoisotopic (exact) mass is 460 g/mol. The number of hydrogen-bond donors (Lipinski definition) is 1. The number of unbranched alkanes of at least 4 members (excludes halogenated alkanes) is 1. The summed E-state index contributed by atoms with van der Waals surface area (Å²) in [5.74, 6) is -0.509. The summed E-state index contributed by atoms with van der Waals surface area (Å²) in [5.41, 5.74) is 2.03. The Labute approximate surface area is 190 Å². The van der Waals surface area contributed by atoms with Gasteiger partial charge in [-0.1, -0.05) is 67.1 Å². The number of rotatable bonds is 8. The Kier molecular flexibility index (Phi) is 7.90. The topological polar surface area (TPSA) is 58.6 Å². The lowest BCUT2D eigenvalue weighted by molar-refractivity contribution is -0.121. The van der Waals surface area contributed by atoms with Crippen LogP contribution in [0, 0.1) is 0 Å². The number of benzene rings is 2. The first-order valence-corrected chi connectivity index (χ1v) is 11.1. The molecule has 0 spiro atoms. The number of anilines is 1. The Bertz CT molecular complexity index is 977. The molecule has 8 heteroatoms. The minimum absolute atomic E-state index is 0.173. The van der Waals surface area contributed by atoms with E-state index < -0.39 is 0 Å². The molecule has 1 aliphatic rings. The molecule has 1 fully saturated rings.